The molecule has 2 fully saturated rings. The maximum Gasteiger partial charge on any atom is 0.213 e. The summed E-state index contributed by atoms with van der Waals surface area (Å²) in [4.78, 5) is 2.54. The lowest BCUT2D eigenvalue weighted by molar-refractivity contribution is 0.288. The first-order chi connectivity index (χ1) is 13.1. The molecule has 0 aromatic heterocycles. The largest absolute Gasteiger partial charge is 0.302 e. The van der Waals surface area contributed by atoms with E-state index in [2.05, 4.69) is 65.6 Å². The van der Waals surface area contributed by atoms with Gasteiger partial charge >= 0.3 is 0 Å². The van der Waals surface area contributed by atoms with Crippen molar-refractivity contribution in [1.82, 2.24) is 9.21 Å². The van der Waals surface area contributed by atoms with Crippen LogP contribution in [0.25, 0.3) is 0 Å². The molecule has 2 aromatic rings. The Balaban J connectivity index is 1.47. The van der Waals surface area contributed by atoms with Gasteiger partial charge in [-0.25, -0.2) is 12.7 Å². The Morgan fingerprint density at radius 3 is 1.78 bits per heavy atom. The first-order valence-corrected chi connectivity index (χ1v) is 11.5. The molecule has 4 rings (SSSR count). The Bertz CT molecular complexity index is 801. The van der Waals surface area contributed by atoms with E-state index in [1.54, 1.807) is 11.2 Å². The van der Waals surface area contributed by atoms with E-state index in [9.17, 15) is 8.42 Å². The Hall–Kier alpha value is -1.69. The van der Waals surface area contributed by atoms with Gasteiger partial charge in [-0.15, -0.1) is 0 Å². The number of rotatable bonds is 6. The lowest BCUT2D eigenvalue weighted by Gasteiger charge is -2.26. The number of sulfonamides is 1. The van der Waals surface area contributed by atoms with E-state index in [1.807, 2.05) is 0 Å². The van der Waals surface area contributed by atoms with Crippen LogP contribution in [0.2, 0.25) is 0 Å². The average molecular weight is 385 g/mol. The fourth-order valence-corrected chi connectivity index (χ4v) is 5.84. The number of nitrogens with zero attached hydrogens (tertiary/aromatic N) is 2. The monoisotopic (exact) mass is 384 g/mol. The molecule has 2 aliphatic heterocycles. The van der Waals surface area contributed by atoms with Crippen LogP contribution in [0.4, 0.5) is 0 Å². The van der Waals surface area contributed by atoms with Gasteiger partial charge in [0.1, 0.15) is 0 Å². The van der Waals surface area contributed by atoms with Gasteiger partial charge in [0.2, 0.25) is 10.0 Å². The van der Waals surface area contributed by atoms with E-state index in [0.29, 0.717) is 30.8 Å². The molecule has 0 spiro atoms. The minimum atomic E-state index is -3.05. The molecular formula is C22H28N2O2S. The zero-order valence-corrected chi connectivity index (χ0v) is 16.7. The molecule has 2 saturated heterocycles. The highest BCUT2D eigenvalue weighted by atomic mass is 32.2. The summed E-state index contributed by atoms with van der Waals surface area (Å²) in [5, 5.41) is 0. The normalized spacial score (nSPS) is 23.8. The van der Waals surface area contributed by atoms with Crippen LogP contribution in [0.15, 0.2) is 60.7 Å². The first kappa shape index (κ1) is 18.7. The molecule has 0 unspecified atom stereocenters. The standard InChI is InChI=1S/C22H28N2O2S/c1-2-27(25,26)24-15-20-13-23(14-21(20)16-24)17-22(18-9-5-3-6-10-18)19-11-7-4-8-12-19/h3-12,20-22H,2,13-17H2,1H3/t20-,21+. The van der Waals surface area contributed by atoms with Crippen LogP contribution in [-0.4, -0.2) is 56.1 Å². The Kier molecular flexibility index (Phi) is 5.35. The van der Waals surface area contributed by atoms with Crippen molar-refractivity contribution >= 4 is 10.0 Å². The third-order valence-electron chi connectivity index (χ3n) is 6.13. The van der Waals surface area contributed by atoms with Crippen molar-refractivity contribution in [2.75, 3.05) is 38.5 Å². The van der Waals surface area contributed by atoms with E-state index in [4.69, 9.17) is 0 Å². The maximum absolute atomic E-state index is 12.2. The molecule has 2 heterocycles. The molecule has 0 aliphatic carbocycles. The van der Waals surface area contributed by atoms with Gasteiger partial charge < -0.3 is 4.90 Å². The van der Waals surface area contributed by atoms with Crippen molar-refractivity contribution in [2.24, 2.45) is 11.8 Å². The van der Waals surface area contributed by atoms with E-state index < -0.39 is 10.0 Å². The third-order valence-corrected chi connectivity index (χ3v) is 7.95. The predicted octanol–water partition coefficient (Wildman–Crippen LogP) is 3.03. The molecule has 27 heavy (non-hydrogen) atoms. The zero-order chi connectivity index (χ0) is 18.9. The summed E-state index contributed by atoms with van der Waals surface area (Å²) in [6.45, 7) is 6.10. The van der Waals surface area contributed by atoms with Crippen molar-refractivity contribution in [3.05, 3.63) is 71.8 Å². The second-order valence-corrected chi connectivity index (χ2v) is 10.1. The highest BCUT2D eigenvalue weighted by Gasteiger charge is 2.43. The molecule has 0 bridgehead atoms. The molecule has 2 atom stereocenters. The number of fused-ring (bicyclic) bond motifs is 1. The van der Waals surface area contributed by atoms with Crippen molar-refractivity contribution in [2.45, 2.75) is 12.8 Å². The van der Waals surface area contributed by atoms with Gasteiger partial charge in [0, 0.05) is 38.6 Å². The quantitative estimate of drug-likeness (QED) is 0.769. The van der Waals surface area contributed by atoms with Crippen LogP contribution in [0.3, 0.4) is 0 Å². The van der Waals surface area contributed by atoms with Gasteiger partial charge in [0.05, 0.1) is 5.75 Å². The number of hydrogen-bond donors (Lipinski definition) is 0. The van der Waals surface area contributed by atoms with Crippen LogP contribution in [0, 0.1) is 11.8 Å². The highest BCUT2D eigenvalue weighted by Crippen LogP contribution is 2.35. The average Bonchev–Trinajstić information content (AvgIpc) is 3.27. The van der Waals surface area contributed by atoms with Crippen LogP contribution in [0.5, 0.6) is 0 Å². The minimum absolute atomic E-state index is 0.209. The van der Waals surface area contributed by atoms with Crippen molar-refractivity contribution in [3.63, 3.8) is 0 Å². The molecule has 0 saturated carbocycles. The first-order valence-electron chi connectivity index (χ1n) is 9.87. The Labute approximate surface area is 162 Å². The summed E-state index contributed by atoms with van der Waals surface area (Å²) in [5.74, 6) is 1.50. The van der Waals surface area contributed by atoms with Crippen molar-refractivity contribution in [3.8, 4) is 0 Å². The van der Waals surface area contributed by atoms with E-state index in [-0.39, 0.29) is 5.75 Å². The molecule has 5 heteroatoms. The van der Waals surface area contributed by atoms with Crippen molar-refractivity contribution in [1.29, 1.82) is 0 Å². The fourth-order valence-electron chi connectivity index (χ4n) is 4.64. The predicted molar refractivity (Wildman–Crippen MR) is 109 cm³/mol. The molecular weight excluding hydrogens is 356 g/mol. The molecule has 2 aliphatic rings. The van der Waals surface area contributed by atoms with Gasteiger partial charge in [-0.3, -0.25) is 0 Å². The minimum Gasteiger partial charge on any atom is -0.302 e. The highest BCUT2D eigenvalue weighted by molar-refractivity contribution is 7.89. The molecule has 144 valence electrons. The van der Waals surface area contributed by atoms with Gasteiger partial charge in [0.25, 0.3) is 0 Å². The lowest BCUT2D eigenvalue weighted by atomic mass is 9.91. The van der Waals surface area contributed by atoms with Crippen LogP contribution >= 0.6 is 0 Å². The summed E-state index contributed by atoms with van der Waals surface area (Å²) >= 11 is 0. The molecule has 0 radical (unpaired) electrons. The van der Waals surface area contributed by atoms with Gasteiger partial charge in [-0.05, 0) is 29.9 Å². The van der Waals surface area contributed by atoms with Gasteiger partial charge in [-0.1, -0.05) is 60.7 Å². The van der Waals surface area contributed by atoms with E-state index >= 15 is 0 Å². The Morgan fingerprint density at radius 2 is 1.33 bits per heavy atom. The third kappa shape index (κ3) is 3.96. The molecule has 2 aromatic carbocycles. The SMILES string of the molecule is CCS(=O)(=O)N1C[C@H]2CN(CC(c3ccccc3)c3ccccc3)C[C@H]2C1. The van der Waals surface area contributed by atoms with Gasteiger partial charge in [-0.2, -0.15) is 0 Å². The topological polar surface area (TPSA) is 40.6 Å². The summed E-state index contributed by atoms with van der Waals surface area (Å²) in [7, 11) is -3.05. The maximum atomic E-state index is 12.2. The van der Waals surface area contributed by atoms with E-state index in [1.165, 1.54) is 11.1 Å². The smallest absolute Gasteiger partial charge is 0.213 e. The second kappa shape index (κ2) is 7.74. The zero-order valence-electron chi connectivity index (χ0n) is 15.9. The van der Waals surface area contributed by atoms with Crippen LogP contribution in [-0.2, 0) is 10.0 Å². The molecule has 0 N–H and O–H groups in total. The number of benzene rings is 2. The summed E-state index contributed by atoms with van der Waals surface area (Å²) in [5.41, 5.74) is 2.69. The van der Waals surface area contributed by atoms with Crippen molar-refractivity contribution < 1.29 is 8.42 Å². The Morgan fingerprint density at radius 1 is 0.852 bits per heavy atom. The fraction of sp³-hybridized carbons (Fsp3) is 0.455. The lowest BCUT2D eigenvalue weighted by Crippen LogP contribution is -2.35. The van der Waals surface area contributed by atoms with Crippen LogP contribution < -0.4 is 0 Å². The van der Waals surface area contributed by atoms with Crippen LogP contribution in [0.1, 0.15) is 24.0 Å². The van der Waals surface area contributed by atoms with E-state index in [0.717, 1.165) is 19.6 Å². The summed E-state index contributed by atoms with van der Waals surface area (Å²) in [6.07, 6.45) is 0. The molecule has 0 amide bonds. The summed E-state index contributed by atoms with van der Waals surface area (Å²) < 4.78 is 26.1. The second-order valence-electron chi connectivity index (χ2n) is 7.83. The summed E-state index contributed by atoms with van der Waals surface area (Å²) in [6, 6.07) is 21.4. The molecule has 4 nitrogen and oxygen atoms in total. The number of hydrogen-bond acceptors (Lipinski definition) is 3. The van der Waals surface area contributed by atoms with Gasteiger partial charge in [0.15, 0.2) is 0 Å². The number of likely N-dealkylation sites (tertiary alicyclic amines) is 1.